The van der Waals surface area contributed by atoms with Crippen molar-refractivity contribution >= 4 is 5.91 Å². The number of nitrogens with two attached hydrogens (primary N) is 1. The molecule has 0 fully saturated rings. The summed E-state index contributed by atoms with van der Waals surface area (Å²) in [6.45, 7) is 3.55. The van der Waals surface area contributed by atoms with Crippen LogP contribution < -0.4 is 5.73 Å². The molecule has 96 valence electrons. The van der Waals surface area contributed by atoms with Crippen molar-refractivity contribution in [2.75, 3.05) is 27.2 Å². The van der Waals surface area contributed by atoms with Gasteiger partial charge < -0.3 is 15.4 Å². The van der Waals surface area contributed by atoms with Crippen LogP contribution in [-0.2, 0) is 9.53 Å². The Morgan fingerprint density at radius 1 is 1.38 bits per heavy atom. The van der Waals surface area contributed by atoms with E-state index in [1.54, 1.807) is 12.0 Å². The molecule has 0 radical (unpaired) electrons. The smallest absolute Gasteiger partial charge is 0.222 e. The van der Waals surface area contributed by atoms with Gasteiger partial charge in [0, 0.05) is 27.1 Å². The minimum atomic E-state index is 0.162. The van der Waals surface area contributed by atoms with Gasteiger partial charge in [0.05, 0.1) is 6.10 Å². The van der Waals surface area contributed by atoms with E-state index in [0.717, 1.165) is 38.8 Å². The molecule has 16 heavy (non-hydrogen) atoms. The first-order valence-electron chi connectivity index (χ1n) is 6.08. The molecule has 2 N–H and O–H groups in total. The van der Waals surface area contributed by atoms with E-state index in [0.29, 0.717) is 6.42 Å². The summed E-state index contributed by atoms with van der Waals surface area (Å²) in [4.78, 5) is 13.5. The third-order valence-corrected chi connectivity index (χ3v) is 2.79. The van der Waals surface area contributed by atoms with E-state index >= 15 is 0 Å². The number of rotatable bonds is 9. The Morgan fingerprint density at radius 2 is 2.06 bits per heavy atom. The van der Waals surface area contributed by atoms with Crippen molar-refractivity contribution in [3.63, 3.8) is 0 Å². The molecular weight excluding hydrogens is 204 g/mol. The molecule has 0 saturated heterocycles. The average Bonchev–Trinajstić information content (AvgIpc) is 2.30. The van der Waals surface area contributed by atoms with Gasteiger partial charge in [0.25, 0.3) is 0 Å². The Labute approximate surface area is 99.1 Å². The first kappa shape index (κ1) is 15.4. The molecule has 0 aliphatic heterocycles. The molecule has 0 aromatic carbocycles. The van der Waals surface area contributed by atoms with Gasteiger partial charge in [-0.05, 0) is 32.7 Å². The van der Waals surface area contributed by atoms with Gasteiger partial charge >= 0.3 is 0 Å². The highest BCUT2D eigenvalue weighted by Crippen LogP contribution is 2.04. The molecule has 0 rings (SSSR count). The highest BCUT2D eigenvalue weighted by atomic mass is 16.5. The van der Waals surface area contributed by atoms with Crippen molar-refractivity contribution in [2.24, 2.45) is 5.73 Å². The highest BCUT2D eigenvalue weighted by molar-refractivity contribution is 5.75. The van der Waals surface area contributed by atoms with E-state index in [1.807, 2.05) is 14.0 Å². The molecule has 4 heteroatoms. The van der Waals surface area contributed by atoms with Gasteiger partial charge in [0.2, 0.25) is 5.91 Å². The Kier molecular flexibility index (Phi) is 9.24. The predicted octanol–water partition coefficient (Wildman–Crippen LogP) is 1.39. The van der Waals surface area contributed by atoms with Crippen LogP contribution in [0.25, 0.3) is 0 Å². The summed E-state index contributed by atoms with van der Waals surface area (Å²) >= 11 is 0. The van der Waals surface area contributed by atoms with E-state index in [9.17, 15) is 4.79 Å². The lowest BCUT2D eigenvalue weighted by Crippen LogP contribution is -2.28. The molecule has 0 saturated carbocycles. The fourth-order valence-corrected chi connectivity index (χ4v) is 1.43. The number of unbranched alkanes of at least 4 members (excludes halogenated alkanes) is 2. The number of nitrogens with zero attached hydrogens (tertiary/aromatic N) is 1. The average molecular weight is 230 g/mol. The van der Waals surface area contributed by atoms with Gasteiger partial charge in [0.1, 0.15) is 0 Å². The zero-order valence-corrected chi connectivity index (χ0v) is 10.9. The Morgan fingerprint density at radius 3 is 2.62 bits per heavy atom. The van der Waals surface area contributed by atoms with E-state index in [1.165, 1.54) is 0 Å². The molecule has 0 aromatic heterocycles. The Hall–Kier alpha value is -0.610. The maximum Gasteiger partial charge on any atom is 0.222 e. The lowest BCUT2D eigenvalue weighted by molar-refractivity contribution is -0.130. The number of hydrogen-bond acceptors (Lipinski definition) is 3. The molecule has 0 bridgehead atoms. The largest absolute Gasteiger partial charge is 0.382 e. The van der Waals surface area contributed by atoms with E-state index in [4.69, 9.17) is 10.5 Å². The molecule has 0 aliphatic rings. The molecule has 0 spiro atoms. The number of carbonyl (C=O) groups excluding carboxylic acids is 1. The minimum absolute atomic E-state index is 0.162. The van der Waals surface area contributed by atoms with Crippen molar-refractivity contribution in [2.45, 2.75) is 45.1 Å². The minimum Gasteiger partial charge on any atom is -0.382 e. The van der Waals surface area contributed by atoms with Crippen molar-refractivity contribution in [1.29, 1.82) is 0 Å². The first-order valence-corrected chi connectivity index (χ1v) is 6.08. The number of methoxy groups -OCH3 is 1. The molecule has 1 atom stereocenters. The fourth-order valence-electron chi connectivity index (χ4n) is 1.43. The van der Waals surface area contributed by atoms with Gasteiger partial charge in [-0.25, -0.2) is 0 Å². The van der Waals surface area contributed by atoms with Gasteiger partial charge in [0.15, 0.2) is 0 Å². The van der Waals surface area contributed by atoms with Crippen LogP contribution >= 0.6 is 0 Å². The van der Waals surface area contributed by atoms with Gasteiger partial charge in [-0.15, -0.1) is 0 Å². The van der Waals surface area contributed by atoms with Crippen LogP contribution in [0, 0.1) is 0 Å². The normalized spacial score (nSPS) is 12.5. The molecule has 0 aromatic rings. The summed E-state index contributed by atoms with van der Waals surface area (Å²) in [7, 11) is 3.54. The first-order chi connectivity index (χ1) is 7.61. The lowest BCUT2D eigenvalue weighted by atomic mass is 10.2. The second-order valence-corrected chi connectivity index (χ2v) is 4.25. The fraction of sp³-hybridized carbons (Fsp3) is 0.917. The number of amides is 1. The number of hydrogen-bond donors (Lipinski definition) is 1. The van der Waals surface area contributed by atoms with Crippen LogP contribution in [0.15, 0.2) is 0 Å². The van der Waals surface area contributed by atoms with Crippen molar-refractivity contribution in [3.8, 4) is 0 Å². The quantitative estimate of drug-likeness (QED) is 0.609. The number of ether oxygens (including phenoxy) is 1. The molecule has 4 nitrogen and oxygen atoms in total. The van der Waals surface area contributed by atoms with Crippen LogP contribution in [0.3, 0.4) is 0 Å². The zero-order valence-electron chi connectivity index (χ0n) is 10.9. The lowest BCUT2D eigenvalue weighted by Gasteiger charge is -2.18. The van der Waals surface area contributed by atoms with Crippen LogP contribution in [0.2, 0.25) is 0 Å². The van der Waals surface area contributed by atoms with E-state index < -0.39 is 0 Å². The van der Waals surface area contributed by atoms with Crippen molar-refractivity contribution in [3.05, 3.63) is 0 Å². The van der Waals surface area contributed by atoms with Crippen LogP contribution in [0.1, 0.15) is 39.0 Å². The molecule has 1 amide bonds. The van der Waals surface area contributed by atoms with Crippen molar-refractivity contribution < 1.29 is 9.53 Å². The Balaban J connectivity index is 3.57. The summed E-state index contributed by atoms with van der Waals surface area (Å²) in [5, 5.41) is 0. The van der Waals surface area contributed by atoms with Gasteiger partial charge in [-0.3, -0.25) is 4.79 Å². The monoisotopic (exact) mass is 230 g/mol. The maximum atomic E-state index is 11.7. The van der Waals surface area contributed by atoms with Crippen LogP contribution in [0.5, 0.6) is 0 Å². The maximum absolute atomic E-state index is 11.7. The molecule has 0 aliphatic carbocycles. The van der Waals surface area contributed by atoms with E-state index in [2.05, 4.69) is 0 Å². The van der Waals surface area contributed by atoms with Gasteiger partial charge in [-0.1, -0.05) is 6.42 Å². The standard InChI is InChI=1S/C12H26N2O2/c1-11(16-3)7-8-12(15)14(2)10-6-4-5-9-13/h11H,4-10,13H2,1-3H3. The second-order valence-electron chi connectivity index (χ2n) is 4.25. The third-order valence-electron chi connectivity index (χ3n) is 2.79. The molecular formula is C12H26N2O2. The highest BCUT2D eigenvalue weighted by Gasteiger charge is 2.10. The summed E-state index contributed by atoms with van der Waals surface area (Å²) < 4.78 is 5.11. The summed E-state index contributed by atoms with van der Waals surface area (Å²) in [6.07, 6.45) is 4.71. The van der Waals surface area contributed by atoms with Crippen LogP contribution in [-0.4, -0.2) is 44.2 Å². The molecule has 1 unspecified atom stereocenters. The predicted molar refractivity (Wildman–Crippen MR) is 66.2 cm³/mol. The zero-order chi connectivity index (χ0) is 12.4. The van der Waals surface area contributed by atoms with Crippen LogP contribution in [0.4, 0.5) is 0 Å². The van der Waals surface area contributed by atoms with Gasteiger partial charge in [-0.2, -0.15) is 0 Å². The third kappa shape index (κ3) is 7.65. The SMILES string of the molecule is COC(C)CCC(=O)N(C)CCCCCN. The van der Waals surface area contributed by atoms with E-state index in [-0.39, 0.29) is 12.0 Å². The summed E-state index contributed by atoms with van der Waals surface area (Å²) in [5.41, 5.74) is 5.41. The molecule has 0 heterocycles. The summed E-state index contributed by atoms with van der Waals surface area (Å²) in [6, 6.07) is 0. The van der Waals surface area contributed by atoms with Crippen molar-refractivity contribution in [1.82, 2.24) is 4.90 Å². The second kappa shape index (κ2) is 9.60. The topological polar surface area (TPSA) is 55.6 Å². The Bertz CT molecular complexity index is 186. The number of carbonyl (C=O) groups is 1. The summed E-state index contributed by atoms with van der Waals surface area (Å²) in [5.74, 6) is 0.205.